The lowest BCUT2D eigenvalue weighted by molar-refractivity contribution is 0.0963. The van der Waals surface area contributed by atoms with Crippen LogP contribution >= 0.6 is 24.0 Å². The summed E-state index contributed by atoms with van der Waals surface area (Å²) in [5.74, 6) is 0.470. The standard InChI is InChI=1S/C20H32FN5O2.HI/c1-5-28-20(27)26-11-9-17(10-12-26)24-19(22-2)23-14-18(25(3)4)15-7-6-8-16(21)13-15;/h6-8,13,17-18H,5,9-12,14H2,1-4H3,(H2,22,23,24);1H. The largest absolute Gasteiger partial charge is 0.450 e. The van der Waals surface area contributed by atoms with Crippen LogP contribution in [-0.2, 0) is 4.74 Å². The molecule has 164 valence electrons. The van der Waals surface area contributed by atoms with Crippen LogP contribution in [0.4, 0.5) is 9.18 Å². The highest BCUT2D eigenvalue weighted by Gasteiger charge is 2.24. The number of nitrogens with zero attached hydrogens (tertiary/aromatic N) is 3. The van der Waals surface area contributed by atoms with E-state index in [2.05, 4.69) is 15.6 Å². The van der Waals surface area contributed by atoms with Gasteiger partial charge < -0.3 is 25.2 Å². The summed E-state index contributed by atoms with van der Waals surface area (Å²) in [5, 5.41) is 6.76. The van der Waals surface area contributed by atoms with Crippen molar-refractivity contribution in [1.82, 2.24) is 20.4 Å². The summed E-state index contributed by atoms with van der Waals surface area (Å²) in [5.41, 5.74) is 0.913. The van der Waals surface area contributed by atoms with Gasteiger partial charge in [0, 0.05) is 32.7 Å². The number of carbonyl (C=O) groups is 1. The molecule has 9 heteroatoms. The Bertz CT molecular complexity index is 666. The number of benzene rings is 1. The lowest BCUT2D eigenvalue weighted by atomic mass is 10.1. The number of ether oxygens (including phenoxy) is 1. The van der Waals surface area contributed by atoms with Crippen LogP contribution in [-0.4, -0.2) is 75.3 Å². The van der Waals surface area contributed by atoms with Crippen LogP contribution in [0.3, 0.4) is 0 Å². The molecule has 0 saturated carbocycles. The molecule has 0 aromatic heterocycles. The Morgan fingerprint density at radius 1 is 1.38 bits per heavy atom. The van der Waals surface area contributed by atoms with Gasteiger partial charge in [-0.2, -0.15) is 0 Å². The number of likely N-dealkylation sites (N-methyl/N-ethyl adjacent to an activating group) is 1. The molecule has 1 aliphatic heterocycles. The van der Waals surface area contributed by atoms with Gasteiger partial charge >= 0.3 is 6.09 Å². The minimum atomic E-state index is -0.243. The molecule has 1 unspecified atom stereocenters. The average molecular weight is 521 g/mol. The van der Waals surface area contributed by atoms with Crippen molar-refractivity contribution < 1.29 is 13.9 Å². The molecular formula is C20H33FIN5O2. The Morgan fingerprint density at radius 2 is 2.07 bits per heavy atom. The first-order chi connectivity index (χ1) is 13.4. The fraction of sp³-hybridized carbons (Fsp3) is 0.600. The fourth-order valence-electron chi connectivity index (χ4n) is 3.31. The van der Waals surface area contributed by atoms with Crippen LogP contribution < -0.4 is 10.6 Å². The van der Waals surface area contributed by atoms with Crippen molar-refractivity contribution in [2.45, 2.75) is 31.8 Å². The van der Waals surface area contributed by atoms with Crippen LogP contribution in [0, 0.1) is 5.82 Å². The SMILES string of the molecule is CCOC(=O)N1CCC(NC(=NC)NCC(c2cccc(F)c2)N(C)C)CC1.I. The van der Waals surface area contributed by atoms with Crippen molar-refractivity contribution in [3.05, 3.63) is 35.6 Å². The molecule has 1 saturated heterocycles. The lowest BCUT2D eigenvalue weighted by Gasteiger charge is -2.33. The quantitative estimate of drug-likeness (QED) is 0.343. The van der Waals surface area contributed by atoms with E-state index in [1.54, 1.807) is 24.1 Å². The zero-order valence-electron chi connectivity index (χ0n) is 17.7. The van der Waals surface area contributed by atoms with E-state index in [4.69, 9.17) is 4.74 Å². The van der Waals surface area contributed by atoms with E-state index in [9.17, 15) is 9.18 Å². The van der Waals surface area contributed by atoms with Gasteiger partial charge in [-0.1, -0.05) is 12.1 Å². The van der Waals surface area contributed by atoms with Gasteiger partial charge in [-0.25, -0.2) is 9.18 Å². The van der Waals surface area contributed by atoms with Gasteiger partial charge in [0.1, 0.15) is 5.82 Å². The third-order valence-corrected chi connectivity index (χ3v) is 4.91. The van der Waals surface area contributed by atoms with E-state index in [1.165, 1.54) is 6.07 Å². The molecule has 0 aliphatic carbocycles. The second-order valence-corrected chi connectivity index (χ2v) is 7.09. The average Bonchev–Trinajstić information content (AvgIpc) is 2.67. The van der Waals surface area contributed by atoms with E-state index in [0.717, 1.165) is 18.4 Å². The Balaban J connectivity index is 0.00000420. The van der Waals surface area contributed by atoms with Gasteiger partial charge in [0.25, 0.3) is 0 Å². The molecule has 1 aromatic rings. The van der Waals surface area contributed by atoms with E-state index in [1.807, 2.05) is 32.0 Å². The molecule has 2 rings (SSSR count). The van der Waals surface area contributed by atoms with Gasteiger partial charge in [-0.15, -0.1) is 24.0 Å². The lowest BCUT2D eigenvalue weighted by Crippen LogP contribution is -2.50. The predicted molar refractivity (Wildman–Crippen MR) is 124 cm³/mol. The van der Waals surface area contributed by atoms with E-state index >= 15 is 0 Å². The topological polar surface area (TPSA) is 69.2 Å². The normalized spacial score (nSPS) is 16.2. The van der Waals surface area contributed by atoms with Crippen LogP contribution in [0.2, 0.25) is 0 Å². The number of nitrogens with one attached hydrogen (secondary N) is 2. The van der Waals surface area contributed by atoms with Crippen molar-refractivity contribution in [1.29, 1.82) is 0 Å². The number of aliphatic imine (C=N–C) groups is 1. The predicted octanol–water partition coefficient (Wildman–Crippen LogP) is 2.83. The van der Waals surface area contributed by atoms with Gasteiger partial charge in [0.05, 0.1) is 12.6 Å². The minimum Gasteiger partial charge on any atom is -0.450 e. The maximum Gasteiger partial charge on any atom is 0.409 e. The highest BCUT2D eigenvalue weighted by molar-refractivity contribution is 14.0. The number of rotatable bonds is 6. The van der Waals surface area contributed by atoms with Crippen LogP contribution in [0.5, 0.6) is 0 Å². The molecule has 0 spiro atoms. The van der Waals surface area contributed by atoms with E-state index in [-0.39, 0.29) is 48.0 Å². The Morgan fingerprint density at radius 3 is 2.62 bits per heavy atom. The number of halogens is 2. The Hall–Kier alpha value is -1.62. The summed E-state index contributed by atoms with van der Waals surface area (Å²) < 4.78 is 18.6. The van der Waals surface area contributed by atoms with E-state index < -0.39 is 0 Å². The number of carbonyl (C=O) groups excluding carboxylic acids is 1. The molecule has 1 fully saturated rings. The first-order valence-corrected chi connectivity index (χ1v) is 9.75. The smallest absolute Gasteiger partial charge is 0.409 e. The number of likely N-dealkylation sites (tertiary alicyclic amines) is 1. The summed E-state index contributed by atoms with van der Waals surface area (Å²) in [6.45, 7) is 4.13. The molecular weight excluding hydrogens is 488 g/mol. The molecule has 1 heterocycles. The first-order valence-electron chi connectivity index (χ1n) is 9.75. The number of hydrogen-bond donors (Lipinski definition) is 2. The van der Waals surface area contributed by atoms with Crippen molar-refractivity contribution in [3.63, 3.8) is 0 Å². The summed E-state index contributed by atoms with van der Waals surface area (Å²) in [6, 6.07) is 6.92. The van der Waals surface area contributed by atoms with Gasteiger partial charge in [0.2, 0.25) is 0 Å². The third-order valence-electron chi connectivity index (χ3n) is 4.91. The van der Waals surface area contributed by atoms with Crippen LogP contribution in [0.15, 0.2) is 29.3 Å². The Labute approximate surface area is 190 Å². The summed E-state index contributed by atoms with van der Waals surface area (Å²) in [7, 11) is 5.67. The van der Waals surface area contributed by atoms with Crippen molar-refractivity contribution in [2.24, 2.45) is 4.99 Å². The molecule has 7 nitrogen and oxygen atoms in total. The second-order valence-electron chi connectivity index (χ2n) is 7.09. The molecule has 1 atom stereocenters. The zero-order valence-corrected chi connectivity index (χ0v) is 20.0. The molecule has 1 amide bonds. The highest BCUT2D eigenvalue weighted by atomic mass is 127. The Kier molecular flexibility index (Phi) is 11.3. The van der Waals surface area contributed by atoms with Crippen molar-refractivity contribution >= 4 is 36.0 Å². The first kappa shape index (κ1) is 25.4. The summed E-state index contributed by atoms with van der Waals surface area (Å²) in [6.07, 6.45) is 1.42. The zero-order chi connectivity index (χ0) is 20.5. The molecule has 1 aromatic carbocycles. The highest BCUT2D eigenvalue weighted by Crippen LogP contribution is 2.18. The molecule has 0 radical (unpaired) electrons. The van der Waals surface area contributed by atoms with Crippen LogP contribution in [0.25, 0.3) is 0 Å². The minimum absolute atomic E-state index is 0. The van der Waals surface area contributed by atoms with Gasteiger partial charge in [-0.05, 0) is 51.6 Å². The van der Waals surface area contributed by atoms with Crippen molar-refractivity contribution in [3.8, 4) is 0 Å². The second kappa shape index (κ2) is 12.8. The summed E-state index contributed by atoms with van der Waals surface area (Å²) in [4.78, 5) is 19.9. The van der Waals surface area contributed by atoms with Crippen LogP contribution in [0.1, 0.15) is 31.4 Å². The van der Waals surface area contributed by atoms with Gasteiger partial charge in [0.15, 0.2) is 5.96 Å². The molecule has 1 aliphatic rings. The number of piperidine rings is 1. The fourth-order valence-corrected chi connectivity index (χ4v) is 3.31. The monoisotopic (exact) mass is 521 g/mol. The number of hydrogen-bond acceptors (Lipinski definition) is 4. The maximum atomic E-state index is 13.6. The van der Waals surface area contributed by atoms with Gasteiger partial charge in [-0.3, -0.25) is 4.99 Å². The third kappa shape index (κ3) is 7.96. The molecule has 0 bridgehead atoms. The molecule has 2 N–H and O–H groups in total. The van der Waals surface area contributed by atoms with E-state index in [0.29, 0.717) is 32.2 Å². The molecule has 29 heavy (non-hydrogen) atoms. The van der Waals surface area contributed by atoms with Crippen molar-refractivity contribution in [2.75, 3.05) is 47.4 Å². The summed E-state index contributed by atoms with van der Waals surface area (Å²) >= 11 is 0. The number of guanidine groups is 1. The maximum absolute atomic E-state index is 13.6. The number of amides is 1.